The molecule has 1 aliphatic rings. The number of piperidine rings is 1. The average Bonchev–Trinajstić information content (AvgIpc) is 3.17. The van der Waals surface area contributed by atoms with Crippen molar-refractivity contribution in [1.82, 2.24) is 14.1 Å². The summed E-state index contributed by atoms with van der Waals surface area (Å²) < 4.78 is 8.34. The van der Waals surface area contributed by atoms with Crippen LogP contribution in [0.5, 0.6) is 0 Å². The summed E-state index contributed by atoms with van der Waals surface area (Å²) in [6, 6.07) is 14.6. The van der Waals surface area contributed by atoms with Gasteiger partial charge in [-0.25, -0.2) is 0 Å². The molecule has 128 valence electrons. The van der Waals surface area contributed by atoms with Crippen molar-refractivity contribution in [3.8, 4) is 0 Å². The Hall–Kier alpha value is -2.47. The highest BCUT2D eigenvalue weighted by Gasteiger charge is 2.22. The van der Waals surface area contributed by atoms with Gasteiger partial charge in [0.2, 0.25) is 5.91 Å². The van der Waals surface area contributed by atoms with Crippen LogP contribution in [0, 0.1) is 0 Å². The Kier molecular flexibility index (Phi) is 4.61. The quantitative estimate of drug-likeness (QED) is 0.784. The lowest BCUT2D eigenvalue weighted by atomic mass is 10.0. The Morgan fingerprint density at radius 3 is 2.76 bits per heavy atom. The van der Waals surface area contributed by atoms with Crippen molar-refractivity contribution in [2.75, 3.05) is 18.0 Å². The first-order valence-electron chi connectivity index (χ1n) is 8.58. The summed E-state index contributed by atoms with van der Waals surface area (Å²) >= 11 is 1.24. The van der Waals surface area contributed by atoms with Gasteiger partial charge in [0, 0.05) is 19.1 Å². The Bertz CT molecular complexity index is 852. The molecule has 0 aliphatic carbocycles. The Balaban J connectivity index is 1.35. The van der Waals surface area contributed by atoms with E-state index in [-0.39, 0.29) is 11.9 Å². The van der Waals surface area contributed by atoms with Crippen LogP contribution in [0.25, 0.3) is 10.8 Å². The monoisotopic (exact) mass is 352 g/mol. The number of nitrogens with zero attached hydrogens (tertiary/aromatic N) is 3. The highest BCUT2D eigenvalue weighted by Crippen LogP contribution is 2.20. The molecule has 1 N–H and O–H groups in total. The molecule has 0 atom stereocenters. The number of benzene rings is 2. The molecule has 25 heavy (non-hydrogen) atoms. The van der Waals surface area contributed by atoms with Gasteiger partial charge in [0.05, 0.1) is 24.3 Å². The molecule has 1 aromatic heterocycles. The standard InChI is InChI=1S/C19H20N4OS/c24-19(12-15-6-3-5-14-4-1-2-7-17(14)15)21-16-8-10-23(11-9-16)18-13-20-25-22-18/h1-7,13,16H,8-12H2,(H,21,24). The minimum Gasteiger partial charge on any atom is -0.354 e. The molecule has 1 saturated heterocycles. The zero-order valence-electron chi connectivity index (χ0n) is 13.9. The van der Waals surface area contributed by atoms with E-state index in [1.54, 1.807) is 0 Å². The molecule has 1 amide bonds. The number of aromatic nitrogens is 2. The van der Waals surface area contributed by atoms with Crippen molar-refractivity contribution in [2.24, 2.45) is 0 Å². The summed E-state index contributed by atoms with van der Waals surface area (Å²) in [5.74, 6) is 1.05. The van der Waals surface area contributed by atoms with Crippen LogP contribution in [-0.4, -0.2) is 33.8 Å². The first-order valence-corrected chi connectivity index (χ1v) is 9.31. The predicted octanol–water partition coefficient (Wildman–Crippen LogP) is 3.02. The molecule has 2 heterocycles. The maximum atomic E-state index is 12.5. The second-order valence-electron chi connectivity index (χ2n) is 6.41. The number of hydrogen-bond acceptors (Lipinski definition) is 5. The van der Waals surface area contributed by atoms with Crippen LogP contribution in [-0.2, 0) is 11.2 Å². The highest BCUT2D eigenvalue weighted by atomic mass is 32.1. The maximum absolute atomic E-state index is 12.5. The average molecular weight is 352 g/mol. The van der Waals surface area contributed by atoms with Crippen LogP contribution >= 0.6 is 11.7 Å². The molecule has 4 rings (SSSR count). The van der Waals surface area contributed by atoms with E-state index in [9.17, 15) is 4.79 Å². The van der Waals surface area contributed by atoms with E-state index >= 15 is 0 Å². The number of anilines is 1. The number of fused-ring (bicyclic) bond motifs is 1. The number of carbonyl (C=O) groups excluding carboxylic acids is 1. The van der Waals surface area contributed by atoms with Crippen molar-refractivity contribution in [3.63, 3.8) is 0 Å². The fourth-order valence-electron chi connectivity index (χ4n) is 3.45. The smallest absolute Gasteiger partial charge is 0.224 e. The van der Waals surface area contributed by atoms with Crippen molar-refractivity contribution < 1.29 is 4.79 Å². The van der Waals surface area contributed by atoms with E-state index < -0.39 is 0 Å². The third kappa shape index (κ3) is 3.64. The lowest BCUT2D eigenvalue weighted by Gasteiger charge is -2.32. The second-order valence-corrected chi connectivity index (χ2v) is 6.97. The summed E-state index contributed by atoms with van der Waals surface area (Å²) in [6.45, 7) is 1.81. The fraction of sp³-hybridized carbons (Fsp3) is 0.316. The van der Waals surface area contributed by atoms with E-state index in [1.807, 2.05) is 30.5 Å². The van der Waals surface area contributed by atoms with Gasteiger partial charge in [0.25, 0.3) is 0 Å². The number of rotatable bonds is 4. The van der Waals surface area contributed by atoms with Crippen LogP contribution < -0.4 is 10.2 Å². The minimum absolute atomic E-state index is 0.102. The molecule has 0 spiro atoms. The lowest BCUT2D eigenvalue weighted by molar-refractivity contribution is -0.121. The number of hydrogen-bond donors (Lipinski definition) is 1. The summed E-state index contributed by atoms with van der Waals surface area (Å²) in [5, 5.41) is 5.54. The van der Waals surface area contributed by atoms with Gasteiger partial charge < -0.3 is 10.2 Å². The first kappa shape index (κ1) is 16.0. The van der Waals surface area contributed by atoms with Crippen molar-refractivity contribution in [3.05, 3.63) is 54.2 Å². The molecule has 1 aliphatic heterocycles. The Labute approximate surface area is 151 Å². The van der Waals surface area contributed by atoms with Gasteiger partial charge in [0.1, 0.15) is 0 Å². The van der Waals surface area contributed by atoms with Crippen LogP contribution in [0.15, 0.2) is 48.7 Å². The molecule has 1 fully saturated rings. The van der Waals surface area contributed by atoms with Gasteiger partial charge in [-0.3, -0.25) is 4.79 Å². The highest BCUT2D eigenvalue weighted by molar-refractivity contribution is 6.99. The summed E-state index contributed by atoms with van der Waals surface area (Å²) in [6.07, 6.45) is 4.12. The second kappa shape index (κ2) is 7.19. The largest absolute Gasteiger partial charge is 0.354 e. The van der Waals surface area contributed by atoms with E-state index in [1.165, 1.54) is 17.1 Å². The molecular weight excluding hydrogens is 332 g/mol. The normalized spacial score (nSPS) is 15.4. The van der Waals surface area contributed by atoms with Crippen LogP contribution in [0.2, 0.25) is 0 Å². The summed E-state index contributed by atoms with van der Waals surface area (Å²) in [7, 11) is 0. The molecule has 3 aromatic rings. The SMILES string of the molecule is O=C(Cc1cccc2ccccc12)NC1CCN(c2cnsn2)CC1. The van der Waals surface area contributed by atoms with E-state index in [4.69, 9.17) is 0 Å². The van der Waals surface area contributed by atoms with Crippen molar-refractivity contribution in [1.29, 1.82) is 0 Å². The fourth-order valence-corrected chi connectivity index (χ4v) is 3.89. The van der Waals surface area contributed by atoms with Crippen LogP contribution in [0.4, 0.5) is 5.82 Å². The van der Waals surface area contributed by atoms with E-state index in [2.05, 4.69) is 37.2 Å². The van der Waals surface area contributed by atoms with Gasteiger partial charge in [0.15, 0.2) is 5.82 Å². The summed E-state index contributed by atoms with van der Waals surface area (Å²) in [4.78, 5) is 14.7. The number of nitrogens with one attached hydrogen (secondary N) is 1. The lowest BCUT2D eigenvalue weighted by Crippen LogP contribution is -2.45. The minimum atomic E-state index is 0.102. The topological polar surface area (TPSA) is 58.1 Å². The molecule has 0 radical (unpaired) electrons. The Morgan fingerprint density at radius 2 is 1.96 bits per heavy atom. The van der Waals surface area contributed by atoms with Crippen LogP contribution in [0.3, 0.4) is 0 Å². The first-order chi connectivity index (χ1) is 12.3. The Morgan fingerprint density at radius 1 is 1.16 bits per heavy atom. The zero-order chi connectivity index (χ0) is 17.1. The van der Waals surface area contributed by atoms with Gasteiger partial charge in [-0.15, -0.1) is 0 Å². The van der Waals surface area contributed by atoms with Crippen molar-refractivity contribution >= 4 is 34.2 Å². The maximum Gasteiger partial charge on any atom is 0.224 e. The third-order valence-electron chi connectivity index (χ3n) is 4.76. The van der Waals surface area contributed by atoms with Gasteiger partial charge in [-0.05, 0) is 29.2 Å². The van der Waals surface area contributed by atoms with Crippen molar-refractivity contribution in [2.45, 2.75) is 25.3 Å². The van der Waals surface area contributed by atoms with E-state index in [0.29, 0.717) is 6.42 Å². The molecule has 0 bridgehead atoms. The van der Waals surface area contributed by atoms with Gasteiger partial charge in [-0.2, -0.15) is 8.75 Å². The molecule has 0 unspecified atom stereocenters. The number of carbonyl (C=O) groups is 1. The molecule has 0 saturated carbocycles. The molecular formula is C19H20N4OS. The predicted molar refractivity (Wildman–Crippen MR) is 101 cm³/mol. The molecule has 5 nitrogen and oxygen atoms in total. The van der Waals surface area contributed by atoms with Crippen LogP contribution in [0.1, 0.15) is 18.4 Å². The molecule has 6 heteroatoms. The van der Waals surface area contributed by atoms with E-state index in [0.717, 1.165) is 42.7 Å². The van der Waals surface area contributed by atoms with Gasteiger partial charge >= 0.3 is 0 Å². The molecule has 2 aromatic carbocycles. The number of amides is 1. The zero-order valence-corrected chi connectivity index (χ0v) is 14.7. The van der Waals surface area contributed by atoms with Gasteiger partial charge in [-0.1, -0.05) is 42.5 Å². The third-order valence-corrected chi connectivity index (χ3v) is 5.23. The summed E-state index contributed by atoms with van der Waals surface area (Å²) in [5.41, 5.74) is 1.08.